The van der Waals surface area contributed by atoms with Crippen molar-refractivity contribution in [2.75, 3.05) is 0 Å². The zero-order valence-corrected chi connectivity index (χ0v) is 12.4. The van der Waals surface area contributed by atoms with Gasteiger partial charge in [-0.3, -0.25) is 5.32 Å². The van der Waals surface area contributed by atoms with Gasteiger partial charge in [0.15, 0.2) is 6.23 Å². The van der Waals surface area contributed by atoms with Crippen molar-refractivity contribution >= 4 is 11.6 Å². The third-order valence-corrected chi connectivity index (χ3v) is 2.67. The van der Waals surface area contributed by atoms with E-state index in [-0.39, 0.29) is 5.54 Å². The normalized spacial score (nSPS) is 15.3. The lowest BCUT2D eigenvalue weighted by molar-refractivity contribution is 0.0113. The Hall–Kier alpha value is -0.770. The first-order valence-corrected chi connectivity index (χ1v) is 6.45. The van der Waals surface area contributed by atoms with Gasteiger partial charge in [-0.1, -0.05) is 17.7 Å². The fraction of sp³-hybridized carbons (Fsp3) is 0.571. The summed E-state index contributed by atoms with van der Waals surface area (Å²) in [5.74, 6) is 0.583. The molecular formula is C14H22ClNO2. The zero-order valence-electron chi connectivity index (χ0n) is 11.6. The largest absolute Gasteiger partial charge is 0.471 e. The summed E-state index contributed by atoms with van der Waals surface area (Å²) < 4.78 is 5.77. The summed E-state index contributed by atoms with van der Waals surface area (Å²) in [5, 5.41) is 13.5. The molecular weight excluding hydrogens is 250 g/mol. The molecule has 1 rings (SSSR count). The Morgan fingerprint density at radius 2 is 1.94 bits per heavy atom. The minimum Gasteiger partial charge on any atom is -0.471 e. The van der Waals surface area contributed by atoms with E-state index in [4.69, 9.17) is 16.3 Å². The van der Waals surface area contributed by atoms with Crippen molar-refractivity contribution in [3.8, 4) is 5.75 Å². The molecule has 0 bridgehead atoms. The highest BCUT2D eigenvalue weighted by atomic mass is 35.5. The predicted octanol–water partition coefficient (Wildman–Crippen LogP) is 3.12. The van der Waals surface area contributed by atoms with Gasteiger partial charge in [0.25, 0.3) is 0 Å². The first-order chi connectivity index (χ1) is 8.19. The van der Waals surface area contributed by atoms with Gasteiger partial charge in [0.2, 0.25) is 0 Å². The van der Waals surface area contributed by atoms with Gasteiger partial charge in [-0.05, 0) is 52.3 Å². The number of benzene rings is 1. The lowest BCUT2D eigenvalue weighted by Gasteiger charge is -2.31. The third kappa shape index (κ3) is 4.84. The van der Waals surface area contributed by atoms with Gasteiger partial charge in [-0.25, -0.2) is 0 Å². The number of ether oxygens (including phenoxy) is 1. The number of hydrogen-bond acceptors (Lipinski definition) is 3. The van der Waals surface area contributed by atoms with E-state index >= 15 is 0 Å². The van der Waals surface area contributed by atoms with Crippen LogP contribution in [-0.2, 0) is 0 Å². The molecule has 4 heteroatoms. The van der Waals surface area contributed by atoms with Gasteiger partial charge in [0.05, 0.1) is 5.02 Å². The third-order valence-electron chi connectivity index (χ3n) is 2.35. The lowest BCUT2D eigenvalue weighted by atomic mass is 10.1. The molecule has 0 saturated carbocycles. The number of aliphatic hydroxyl groups excluding tert-OH is 1. The van der Waals surface area contributed by atoms with Crippen molar-refractivity contribution in [3.05, 3.63) is 28.8 Å². The fourth-order valence-corrected chi connectivity index (χ4v) is 1.68. The number of nitrogens with one attached hydrogen (secondary N) is 1. The number of aliphatic hydroxyl groups is 1. The Labute approximate surface area is 114 Å². The second kappa shape index (κ2) is 5.91. The highest BCUT2D eigenvalue weighted by Crippen LogP contribution is 2.26. The number of rotatable bonds is 4. The molecule has 0 aliphatic carbocycles. The molecule has 0 radical (unpaired) electrons. The average Bonchev–Trinajstić information content (AvgIpc) is 2.20. The smallest absolute Gasteiger partial charge is 0.176 e. The van der Waals surface area contributed by atoms with Crippen molar-refractivity contribution in [1.29, 1.82) is 0 Å². The summed E-state index contributed by atoms with van der Waals surface area (Å²) in [6.45, 7) is 9.71. The van der Waals surface area contributed by atoms with Crippen LogP contribution in [0.5, 0.6) is 5.75 Å². The predicted molar refractivity (Wildman–Crippen MR) is 75.2 cm³/mol. The monoisotopic (exact) mass is 271 g/mol. The number of aryl methyl sites for hydroxylation is 1. The number of hydrogen-bond donors (Lipinski definition) is 2. The maximum absolute atomic E-state index is 9.77. The molecule has 0 aliphatic rings. The van der Waals surface area contributed by atoms with Crippen LogP contribution in [0.3, 0.4) is 0 Å². The van der Waals surface area contributed by atoms with Gasteiger partial charge in [0.1, 0.15) is 11.9 Å². The maximum Gasteiger partial charge on any atom is 0.176 e. The molecule has 0 aromatic heterocycles. The molecule has 3 nitrogen and oxygen atoms in total. The molecule has 0 saturated heterocycles. The summed E-state index contributed by atoms with van der Waals surface area (Å²) in [5.41, 5.74) is 0.910. The van der Waals surface area contributed by atoms with Crippen molar-refractivity contribution in [1.82, 2.24) is 5.32 Å². The quantitative estimate of drug-likeness (QED) is 0.827. The van der Waals surface area contributed by atoms with Crippen molar-refractivity contribution in [2.24, 2.45) is 0 Å². The van der Waals surface area contributed by atoms with Gasteiger partial charge in [0, 0.05) is 5.54 Å². The first kappa shape index (κ1) is 15.3. The van der Waals surface area contributed by atoms with Crippen LogP contribution in [0.2, 0.25) is 5.02 Å². The molecule has 0 aliphatic heterocycles. The second-order valence-electron chi connectivity index (χ2n) is 5.61. The van der Waals surface area contributed by atoms with Crippen molar-refractivity contribution in [3.63, 3.8) is 0 Å². The molecule has 102 valence electrons. The summed E-state index contributed by atoms with van der Waals surface area (Å²) in [6, 6.07) is 5.58. The SMILES string of the molecule is Cc1ccc(Cl)c(OC(NC(C)(C)C)C(C)O)c1. The van der Waals surface area contributed by atoms with Gasteiger partial charge in [-0.15, -0.1) is 0 Å². The van der Waals surface area contributed by atoms with E-state index in [1.165, 1.54) is 0 Å². The van der Waals surface area contributed by atoms with Crippen LogP contribution < -0.4 is 10.1 Å². The lowest BCUT2D eigenvalue weighted by Crippen LogP contribution is -2.51. The summed E-state index contributed by atoms with van der Waals surface area (Å²) >= 11 is 6.08. The molecule has 1 aromatic rings. The van der Waals surface area contributed by atoms with Crippen LogP contribution in [-0.4, -0.2) is 23.0 Å². The summed E-state index contributed by atoms with van der Waals surface area (Å²) in [6.07, 6.45) is -1.13. The molecule has 2 unspecified atom stereocenters. The van der Waals surface area contributed by atoms with E-state index in [1.54, 1.807) is 13.0 Å². The Balaban J connectivity index is 2.86. The molecule has 0 spiro atoms. The van der Waals surface area contributed by atoms with E-state index in [0.29, 0.717) is 10.8 Å². The van der Waals surface area contributed by atoms with E-state index in [2.05, 4.69) is 5.32 Å². The molecule has 0 fully saturated rings. The topological polar surface area (TPSA) is 41.5 Å². The summed E-state index contributed by atoms with van der Waals surface area (Å²) in [7, 11) is 0. The molecule has 1 aromatic carbocycles. The van der Waals surface area contributed by atoms with Crippen LogP contribution in [0, 0.1) is 6.92 Å². The van der Waals surface area contributed by atoms with Crippen molar-refractivity contribution in [2.45, 2.75) is 52.5 Å². The van der Waals surface area contributed by atoms with Crippen molar-refractivity contribution < 1.29 is 9.84 Å². The van der Waals surface area contributed by atoms with Gasteiger partial charge >= 0.3 is 0 Å². The molecule has 18 heavy (non-hydrogen) atoms. The zero-order chi connectivity index (χ0) is 13.9. The van der Waals surface area contributed by atoms with E-state index in [9.17, 15) is 5.11 Å². The maximum atomic E-state index is 9.77. The Morgan fingerprint density at radius 3 is 2.44 bits per heavy atom. The van der Waals surface area contributed by atoms with E-state index in [1.807, 2.05) is 39.8 Å². The Bertz CT molecular complexity index is 399. The first-order valence-electron chi connectivity index (χ1n) is 6.07. The minimum absolute atomic E-state index is 0.155. The standard InChI is InChI=1S/C14H22ClNO2/c1-9-6-7-11(15)12(8-9)18-13(10(2)17)16-14(3,4)5/h6-8,10,13,16-17H,1-5H3. The number of halogens is 1. The molecule has 2 atom stereocenters. The van der Waals surface area contributed by atoms with Gasteiger partial charge in [-0.2, -0.15) is 0 Å². The minimum atomic E-state index is -0.638. The van der Waals surface area contributed by atoms with Crippen LogP contribution in [0.4, 0.5) is 0 Å². The van der Waals surface area contributed by atoms with Crippen LogP contribution in [0.15, 0.2) is 18.2 Å². The Kier molecular flexibility index (Phi) is 5.02. The average molecular weight is 272 g/mol. The van der Waals surface area contributed by atoms with E-state index in [0.717, 1.165) is 5.56 Å². The second-order valence-corrected chi connectivity index (χ2v) is 6.01. The summed E-state index contributed by atoms with van der Waals surface area (Å²) in [4.78, 5) is 0. The molecule has 2 N–H and O–H groups in total. The highest BCUT2D eigenvalue weighted by molar-refractivity contribution is 6.32. The van der Waals surface area contributed by atoms with Crippen LogP contribution in [0.1, 0.15) is 33.3 Å². The van der Waals surface area contributed by atoms with Crippen LogP contribution >= 0.6 is 11.6 Å². The fourth-order valence-electron chi connectivity index (χ4n) is 1.51. The molecule has 0 heterocycles. The van der Waals surface area contributed by atoms with E-state index < -0.39 is 12.3 Å². The highest BCUT2D eigenvalue weighted by Gasteiger charge is 2.23. The van der Waals surface area contributed by atoms with Gasteiger partial charge < -0.3 is 9.84 Å². The Morgan fingerprint density at radius 1 is 1.33 bits per heavy atom. The molecule has 0 amide bonds. The van der Waals surface area contributed by atoms with Crippen LogP contribution in [0.25, 0.3) is 0 Å².